The molecule has 0 fully saturated rings. The Morgan fingerprint density at radius 1 is 0.882 bits per heavy atom. The predicted molar refractivity (Wildman–Crippen MR) is 71.8 cm³/mol. The van der Waals surface area contributed by atoms with Crippen LogP contribution in [0.5, 0.6) is 0 Å². The van der Waals surface area contributed by atoms with E-state index in [-0.39, 0.29) is 0 Å². The van der Waals surface area contributed by atoms with Gasteiger partial charge in [-0.15, -0.1) is 0 Å². The Kier molecular flexibility index (Phi) is 4.34. The van der Waals surface area contributed by atoms with Crippen LogP contribution in [0.3, 0.4) is 0 Å². The molecule has 0 amide bonds. The average Bonchev–Trinajstić information content (AvgIpc) is 2.41. The molecule has 0 unspecified atom stereocenters. The van der Waals surface area contributed by atoms with E-state index >= 15 is 0 Å². The molecule has 0 spiro atoms. The number of nitrogens with two attached hydrogens (primary N) is 1. The van der Waals surface area contributed by atoms with Gasteiger partial charge in [0.2, 0.25) is 0 Å². The number of hydrogen-bond donors (Lipinski definition) is 1. The third-order valence-corrected chi connectivity index (χ3v) is 3.12. The quantitative estimate of drug-likeness (QED) is 0.807. The molecule has 88 valence electrons. The van der Waals surface area contributed by atoms with Crippen molar-refractivity contribution in [3.05, 3.63) is 71.8 Å². The number of rotatable bonds is 5. The van der Waals surface area contributed by atoms with Gasteiger partial charge in [0, 0.05) is 12.0 Å². The van der Waals surface area contributed by atoms with E-state index in [2.05, 4.69) is 72.9 Å². The number of hydrogen-bond acceptors (Lipinski definition) is 0. The minimum Gasteiger partial charge on any atom is -0.340 e. The van der Waals surface area contributed by atoms with Crippen LogP contribution in [0, 0.1) is 0 Å². The summed E-state index contributed by atoms with van der Waals surface area (Å²) in [6, 6.07) is 21.9. The molecule has 0 saturated heterocycles. The Morgan fingerprint density at radius 3 is 2.12 bits per heavy atom. The van der Waals surface area contributed by atoms with Crippen molar-refractivity contribution in [3.63, 3.8) is 0 Å². The van der Waals surface area contributed by atoms with Crippen molar-refractivity contribution >= 4 is 0 Å². The second kappa shape index (κ2) is 6.21. The fourth-order valence-corrected chi connectivity index (χ4v) is 2.04. The second-order valence-corrected chi connectivity index (χ2v) is 4.46. The average molecular weight is 226 g/mol. The fourth-order valence-electron chi connectivity index (χ4n) is 2.04. The van der Waals surface area contributed by atoms with Gasteiger partial charge in [0.1, 0.15) is 6.04 Å². The zero-order chi connectivity index (χ0) is 11.9. The third kappa shape index (κ3) is 3.72. The first-order valence-electron chi connectivity index (χ1n) is 6.28. The molecule has 0 aliphatic heterocycles. The summed E-state index contributed by atoms with van der Waals surface area (Å²) in [5.74, 6) is 0. The summed E-state index contributed by atoms with van der Waals surface area (Å²) in [5, 5.41) is 2.41. The molecule has 2 rings (SSSR count). The topological polar surface area (TPSA) is 16.6 Å². The molecule has 0 saturated carbocycles. The predicted octanol–water partition coefficient (Wildman–Crippen LogP) is 2.55. The number of benzene rings is 2. The van der Waals surface area contributed by atoms with Crippen molar-refractivity contribution in [2.45, 2.75) is 19.4 Å². The van der Waals surface area contributed by atoms with Gasteiger partial charge in [0.25, 0.3) is 0 Å². The van der Waals surface area contributed by atoms with Gasteiger partial charge in [-0.25, -0.2) is 0 Å². The van der Waals surface area contributed by atoms with Crippen molar-refractivity contribution in [2.75, 3.05) is 6.54 Å². The van der Waals surface area contributed by atoms with Crippen molar-refractivity contribution in [2.24, 2.45) is 0 Å². The van der Waals surface area contributed by atoms with Crippen LogP contribution >= 0.6 is 0 Å². The Bertz CT molecular complexity index is 422. The summed E-state index contributed by atoms with van der Waals surface area (Å²) < 4.78 is 0. The lowest BCUT2D eigenvalue weighted by Gasteiger charge is -2.10. The van der Waals surface area contributed by atoms with Gasteiger partial charge in [-0.2, -0.15) is 0 Å². The molecule has 17 heavy (non-hydrogen) atoms. The maximum atomic E-state index is 2.41. The van der Waals surface area contributed by atoms with E-state index in [1.807, 2.05) is 0 Å². The zero-order valence-corrected chi connectivity index (χ0v) is 10.3. The molecule has 2 aromatic rings. The smallest absolute Gasteiger partial charge is 0.109 e. The van der Waals surface area contributed by atoms with Gasteiger partial charge in [-0.3, -0.25) is 0 Å². The summed E-state index contributed by atoms with van der Waals surface area (Å²) in [6.45, 7) is 3.40. The molecule has 0 aromatic heterocycles. The van der Waals surface area contributed by atoms with E-state index < -0.39 is 0 Å². The highest BCUT2D eigenvalue weighted by atomic mass is 14.9. The molecule has 2 N–H and O–H groups in total. The SMILES string of the molecule is C[C@H]([NH2+]CCc1ccccc1)c1ccccc1. The maximum absolute atomic E-state index is 2.41. The standard InChI is InChI=1S/C16H19N/c1-14(16-10-6-3-7-11-16)17-13-12-15-8-4-2-5-9-15/h2-11,14,17H,12-13H2,1H3/p+1/t14-/m0/s1. The van der Waals surface area contributed by atoms with E-state index in [9.17, 15) is 0 Å². The lowest BCUT2D eigenvalue weighted by atomic mass is 10.1. The first-order chi connectivity index (χ1) is 8.36. The number of quaternary nitrogens is 1. The fraction of sp³-hybridized carbons (Fsp3) is 0.250. The second-order valence-electron chi connectivity index (χ2n) is 4.46. The molecule has 0 radical (unpaired) electrons. The molecule has 0 bridgehead atoms. The Balaban J connectivity index is 1.79. The van der Waals surface area contributed by atoms with Gasteiger partial charge < -0.3 is 5.32 Å². The van der Waals surface area contributed by atoms with Crippen molar-refractivity contribution in [1.82, 2.24) is 0 Å². The van der Waals surface area contributed by atoms with Crippen molar-refractivity contribution in [3.8, 4) is 0 Å². The van der Waals surface area contributed by atoms with Crippen LogP contribution in [0.1, 0.15) is 24.1 Å². The highest BCUT2D eigenvalue weighted by molar-refractivity contribution is 5.16. The minimum atomic E-state index is 0.542. The van der Waals surface area contributed by atoms with Gasteiger partial charge >= 0.3 is 0 Å². The van der Waals surface area contributed by atoms with Gasteiger partial charge in [0.15, 0.2) is 0 Å². The molecule has 1 nitrogen and oxygen atoms in total. The summed E-state index contributed by atoms with van der Waals surface area (Å²) in [7, 11) is 0. The monoisotopic (exact) mass is 226 g/mol. The van der Waals surface area contributed by atoms with Crippen LogP contribution in [0.25, 0.3) is 0 Å². The molecule has 0 heterocycles. The largest absolute Gasteiger partial charge is 0.340 e. The zero-order valence-electron chi connectivity index (χ0n) is 10.3. The molecule has 0 aliphatic carbocycles. The lowest BCUT2D eigenvalue weighted by Crippen LogP contribution is -2.85. The lowest BCUT2D eigenvalue weighted by molar-refractivity contribution is -0.692. The first kappa shape index (κ1) is 11.9. The summed E-state index contributed by atoms with van der Waals surface area (Å²) in [6.07, 6.45) is 1.14. The summed E-state index contributed by atoms with van der Waals surface area (Å²) in [4.78, 5) is 0. The first-order valence-corrected chi connectivity index (χ1v) is 6.28. The highest BCUT2D eigenvalue weighted by Gasteiger charge is 2.06. The van der Waals surface area contributed by atoms with Crippen molar-refractivity contribution in [1.29, 1.82) is 0 Å². The highest BCUT2D eigenvalue weighted by Crippen LogP contribution is 2.06. The molecule has 1 heteroatoms. The van der Waals surface area contributed by atoms with E-state index in [1.54, 1.807) is 0 Å². The Morgan fingerprint density at radius 2 is 1.47 bits per heavy atom. The van der Waals surface area contributed by atoms with Gasteiger partial charge in [0.05, 0.1) is 6.54 Å². The molecule has 1 atom stereocenters. The molecule has 0 aliphatic rings. The van der Waals surface area contributed by atoms with E-state index in [0.29, 0.717) is 6.04 Å². The maximum Gasteiger partial charge on any atom is 0.109 e. The van der Waals surface area contributed by atoms with Crippen LogP contribution in [-0.4, -0.2) is 6.54 Å². The van der Waals surface area contributed by atoms with Crippen LogP contribution in [0.15, 0.2) is 60.7 Å². The summed E-state index contributed by atoms with van der Waals surface area (Å²) in [5.41, 5.74) is 2.82. The van der Waals surface area contributed by atoms with Gasteiger partial charge in [-0.05, 0) is 12.5 Å². The molecule has 2 aromatic carbocycles. The van der Waals surface area contributed by atoms with Crippen molar-refractivity contribution < 1.29 is 5.32 Å². The van der Waals surface area contributed by atoms with E-state index in [4.69, 9.17) is 0 Å². The minimum absolute atomic E-state index is 0.542. The molecular formula is C16H20N+. The summed E-state index contributed by atoms with van der Waals surface area (Å²) >= 11 is 0. The van der Waals surface area contributed by atoms with Crippen LogP contribution < -0.4 is 5.32 Å². The van der Waals surface area contributed by atoms with E-state index in [0.717, 1.165) is 13.0 Å². The van der Waals surface area contributed by atoms with E-state index in [1.165, 1.54) is 11.1 Å². The Labute approximate surface area is 103 Å². The van der Waals surface area contributed by atoms with Crippen LogP contribution in [-0.2, 0) is 6.42 Å². The molecular weight excluding hydrogens is 206 g/mol. The van der Waals surface area contributed by atoms with Crippen LogP contribution in [0.2, 0.25) is 0 Å². The third-order valence-electron chi connectivity index (χ3n) is 3.12. The van der Waals surface area contributed by atoms with Gasteiger partial charge in [-0.1, -0.05) is 60.7 Å². The normalized spacial score (nSPS) is 12.3. The Hall–Kier alpha value is -1.60. The van der Waals surface area contributed by atoms with Crippen LogP contribution in [0.4, 0.5) is 0 Å².